The van der Waals surface area contributed by atoms with E-state index in [1.165, 1.54) is 5.56 Å². The summed E-state index contributed by atoms with van der Waals surface area (Å²) in [6, 6.07) is 8.30. The van der Waals surface area contributed by atoms with Crippen LogP contribution in [0.5, 0.6) is 5.75 Å². The minimum Gasteiger partial charge on any atom is -0.497 e. The van der Waals surface area contributed by atoms with Gasteiger partial charge in [-0.25, -0.2) is 0 Å². The molecule has 24 heavy (non-hydrogen) atoms. The van der Waals surface area contributed by atoms with Crippen molar-refractivity contribution in [3.05, 3.63) is 29.8 Å². The molecule has 3 aliphatic rings. The zero-order valence-corrected chi connectivity index (χ0v) is 14.3. The lowest BCUT2D eigenvalue weighted by molar-refractivity contribution is -0.128. The zero-order chi connectivity index (χ0) is 16.5. The van der Waals surface area contributed by atoms with Crippen molar-refractivity contribution in [2.45, 2.75) is 25.5 Å². The Labute approximate surface area is 143 Å². The van der Waals surface area contributed by atoms with Crippen LogP contribution in [0.1, 0.15) is 18.4 Å². The van der Waals surface area contributed by atoms with E-state index < -0.39 is 0 Å². The van der Waals surface area contributed by atoms with Crippen molar-refractivity contribution in [3.63, 3.8) is 0 Å². The Morgan fingerprint density at radius 2 is 2.08 bits per heavy atom. The molecule has 0 radical (unpaired) electrons. The third-order valence-corrected chi connectivity index (χ3v) is 5.71. The van der Waals surface area contributed by atoms with Crippen LogP contribution in [-0.4, -0.2) is 61.7 Å². The van der Waals surface area contributed by atoms with Gasteiger partial charge in [0.2, 0.25) is 5.91 Å². The molecule has 5 nitrogen and oxygen atoms in total. The molecule has 0 bridgehead atoms. The zero-order valence-electron chi connectivity index (χ0n) is 14.3. The standard InChI is InChI=1S/C19H26N2O3/c1-23-16-6-4-14(5-7-16)9-20-11-17-15(13-24-18(17)12-20)10-21-8-2-3-19(21)22/h4-7,15,17-18H,2-3,8-13H2,1H3/t15-,17+,18+/m1/s1. The van der Waals surface area contributed by atoms with Gasteiger partial charge in [0.15, 0.2) is 0 Å². The topological polar surface area (TPSA) is 42.0 Å². The van der Waals surface area contributed by atoms with E-state index in [-0.39, 0.29) is 0 Å². The molecular formula is C19H26N2O3. The van der Waals surface area contributed by atoms with Crippen LogP contribution in [0, 0.1) is 11.8 Å². The predicted octanol–water partition coefficient (Wildman–Crippen LogP) is 1.76. The Morgan fingerprint density at radius 3 is 2.79 bits per heavy atom. The monoisotopic (exact) mass is 330 g/mol. The molecule has 3 saturated heterocycles. The summed E-state index contributed by atoms with van der Waals surface area (Å²) in [7, 11) is 1.69. The lowest BCUT2D eigenvalue weighted by Crippen LogP contribution is -2.35. The summed E-state index contributed by atoms with van der Waals surface area (Å²) in [5.74, 6) is 2.29. The number of carbonyl (C=O) groups excluding carboxylic acids is 1. The smallest absolute Gasteiger partial charge is 0.222 e. The highest BCUT2D eigenvalue weighted by molar-refractivity contribution is 5.78. The van der Waals surface area contributed by atoms with E-state index >= 15 is 0 Å². The third kappa shape index (κ3) is 3.15. The van der Waals surface area contributed by atoms with Crippen molar-refractivity contribution in [1.82, 2.24) is 9.80 Å². The van der Waals surface area contributed by atoms with E-state index in [9.17, 15) is 4.79 Å². The summed E-state index contributed by atoms with van der Waals surface area (Å²) in [5, 5.41) is 0. The number of likely N-dealkylation sites (tertiary alicyclic amines) is 2. The van der Waals surface area contributed by atoms with Gasteiger partial charge in [0.05, 0.1) is 19.8 Å². The van der Waals surface area contributed by atoms with E-state index in [1.807, 2.05) is 17.0 Å². The Kier molecular flexibility index (Phi) is 4.46. The fraction of sp³-hybridized carbons (Fsp3) is 0.632. The first kappa shape index (κ1) is 15.9. The number of hydrogen-bond acceptors (Lipinski definition) is 4. The van der Waals surface area contributed by atoms with Gasteiger partial charge in [-0.2, -0.15) is 0 Å². The molecule has 1 aromatic carbocycles. The van der Waals surface area contributed by atoms with E-state index in [0.29, 0.717) is 23.8 Å². The van der Waals surface area contributed by atoms with Gasteiger partial charge in [-0.3, -0.25) is 9.69 Å². The number of amides is 1. The van der Waals surface area contributed by atoms with Crippen LogP contribution in [0.3, 0.4) is 0 Å². The Bertz CT molecular complexity index is 589. The fourth-order valence-corrected chi connectivity index (χ4v) is 4.37. The summed E-state index contributed by atoms with van der Waals surface area (Å²) in [6.07, 6.45) is 2.08. The maximum Gasteiger partial charge on any atom is 0.222 e. The highest BCUT2D eigenvalue weighted by Crippen LogP contribution is 2.35. The average Bonchev–Trinajstić information content (AvgIpc) is 3.27. The minimum absolute atomic E-state index is 0.325. The van der Waals surface area contributed by atoms with Gasteiger partial charge in [-0.05, 0) is 24.1 Å². The number of fused-ring (bicyclic) bond motifs is 1. The van der Waals surface area contributed by atoms with E-state index in [1.54, 1.807) is 7.11 Å². The average molecular weight is 330 g/mol. The molecule has 0 aliphatic carbocycles. The number of nitrogens with zero attached hydrogens (tertiary/aromatic N) is 2. The molecule has 3 fully saturated rings. The summed E-state index contributed by atoms with van der Waals surface area (Å²) >= 11 is 0. The summed E-state index contributed by atoms with van der Waals surface area (Å²) in [4.78, 5) is 16.4. The first-order chi connectivity index (χ1) is 11.7. The van der Waals surface area contributed by atoms with Crippen LogP contribution in [0.15, 0.2) is 24.3 Å². The van der Waals surface area contributed by atoms with Gasteiger partial charge < -0.3 is 14.4 Å². The molecule has 130 valence electrons. The quantitative estimate of drug-likeness (QED) is 0.825. The van der Waals surface area contributed by atoms with Crippen LogP contribution >= 0.6 is 0 Å². The lowest BCUT2D eigenvalue weighted by atomic mass is 9.93. The van der Waals surface area contributed by atoms with Crippen molar-refractivity contribution in [3.8, 4) is 5.75 Å². The number of ether oxygens (including phenoxy) is 2. The van der Waals surface area contributed by atoms with Crippen LogP contribution in [0.2, 0.25) is 0 Å². The Balaban J connectivity index is 1.34. The summed E-state index contributed by atoms with van der Waals surface area (Å²) in [5.41, 5.74) is 1.31. The van der Waals surface area contributed by atoms with Crippen molar-refractivity contribution < 1.29 is 14.3 Å². The van der Waals surface area contributed by atoms with Crippen LogP contribution in [0.25, 0.3) is 0 Å². The second-order valence-corrected chi connectivity index (χ2v) is 7.28. The van der Waals surface area contributed by atoms with Gasteiger partial charge in [-0.15, -0.1) is 0 Å². The Morgan fingerprint density at radius 1 is 1.25 bits per heavy atom. The van der Waals surface area contributed by atoms with Crippen molar-refractivity contribution >= 4 is 5.91 Å². The molecule has 1 aromatic rings. The van der Waals surface area contributed by atoms with E-state index in [4.69, 9.17) is 9.47 Å². The molecule has 5 heteroatoms. The molecule has 0 spiro atoms. The first-order valence-corrected chi connectivity index (χ1v) is 8.97. The predicted molar refractivity (Wildman–Crippen MR) is 90.8 cm³/mol. The fourth-order valence-electron chi connectivity index (χ4n) is 4.37. The molecule has 3 aliphatic heterocycles. The van der Waals surface area contributed by atoms with Crippen molar-refractivity contribution in [2.75, 3.05) is 39.9 Å². The number of benzene rings is 1. The normalized spacial score (nSPS) is 30.1. The van der Waals surface area contributed by atoms with Gasteiger partial charge in [0.1, 0.15) is 5.75 Å². The molecule has 0 N–H and O–H groups in total. The second-order valence-electron chi connectivity index (χ2n) is 7.28. The van der Waals surface area contributed by atoms with Gasteiger partial charge >= 0.3 is 0 Å². The highest BCUT2D eigenvalue weighted by Gasteiger charge is 2.44. The number of rotatable bonds is 5. The lowest BCUT2D eigenvalue weighted by Gasteiger charge is -2.24. The number of hydrogen-bond donors (Lipinski definition) is 0. The van der Waals surface area contributed by atoms with Gasteiger partial charge in [0.25, 0.3) is 0 Å². The SMILES string of the molecule is COc1ccc(CN2C[C@H]3[C@H](CN4CCCC4=O)CO[C@H]3C2)cc1. The number of carbonyl (C=O) groups is 1. The second kappa shape index (κ2) is 6.73. The molecule has 1 amide bonds. The Hall–Kier alpha value is -1.59. The van der Waals surface area contributed by atoms with Crippen LogP contribution < -0.4 is 4.74 Å². The molecule has 0 unspecified atom stereocenters. The van der Waals surface area contributed by atoms with Gasteiger partial charge in [0, 0.05) is 51.0 Å². The third-order valence-electron chi connectivity index (χ3n) is 5.71. The minimum atomic E-state index is 0.325. The molecule has 3 heterocycles. The first-order valence-electron chi connectivity index (χ1n) is 8.97. The van der Waals surface area contributed by atoms with Crippen molar-refractivity contribution in [1.29, 1.82) is 0 Å². The molecule has 4 rings (SSSR count). The summed E-state index contributed by atoms with van der Waals surface area (Å²) < 4.78 is 11.3. The van der Waals surface area contributed by atoms with E-state index in [2.05, 4.69) is 17.0 Å². The van der Waals surface area contributed by atoms with Crippen LogP contribution in [-0.2, 0) is 16.1 Å². The molecular weight excluding hydrogens is 304 g/mol. The van der Waals surface area contributed by atoms with Crippen molar-refractivity contribution in [2.24, 2.45) is 11.8 Å². The molecule has 3 atom stereocenters. The van der Waals surface area contributed by atoms with Gasteiger partial charge in [-0.1, -0.05) is 12.1 Å². The molecule has 0 aromatic heterocycles. The maximum atomic E-state index is 11.9. The highest BCUT2D eigenvalue weighted by atomic mass is 16.5. The largest absolute Gasteiger partial charge is 0.497 e. The summed E-state index contributed by atoms with van der Waals surface area (Å²) in [6.45, 7) is 5.66. The van der Waals surface area contributed by atoms with Crippen LogP contribution in [0.4, 0.5) is 0 Å². The maximum absolute atomic E-state index is 11.9. The number of methoxy groups -OCH3 is 1. The van der Waals surface area contributed by atoms with E-state index in [0.717, 1.165) is 57.9 Å². The molecule has 0 saturated carbocycles.